The summed E-state index contributed by atoms with van der Waals surface area (Å²) in [6.07, 6.45) is 0. The van der Waals surface area contributed by atoms with Crippen LogP contribution in [-0.4, -0.2) is 62.2 Å². The molecule has 0 atom stereocenters. The van der Waals surface area contributed by atoms with E-state index in [-0.39, 0.29) is 0 Å². The van der Waals surface area contributed by atoms with E-state index < -0.39 is 0 Å². The third-order valence-electron chi connectivity index (χ3n) is 3.47. The zero-order chi connectivity index (χ0) is 10.7. The second-order valence-corrected chi connectivity index (χ2v) is 5.52. The predicted molar refractivity (Wildman–Crippen MR) is 64.1 cm³/mol. The van der Waals surface area contributed by atoms with Gasteiger partial charge in [-0.05, 0) is 11.8 Å². The minimum absolute atomic E-state index is 0.812. The normalized spacial score (nSPS) is 25.8. The van der Waals surface area contributed by atoms with Crippen molar-refractivity contribution in [3.63, 3.8) is 0 Å². The van der Waals surface area contributed by atoms with Gasteiger partial charge in [-0.25, -0.2) is 0 Å². The van der Waals surface area contributed by atoms with Gasteiger partial charge >= 0.3 is 0 Å². The maximum absolute atomic E-state index is 3.35. The van der Waals surface area contributed by atoms with E-state index in [9.17, 15) is 0 Å². The maximum atomic E-state index is 3.35. The molecule has 3 heteroatoms. The van der Waals surface area contributed by atoms with Crippen molar-refractivity contribution in [2.75, 3.05) is 52.4 Å². The van der Waals surface area contributed by atoms with Gasteiger partial charge in [0.2, 0.25) is 0 Å². The van der Waals surface area contributed by atoms with Gasteiger partial charge in [-0.15, -0.1) is 0 Å². The topological polar surface area (TPSA) is 18.5 Å². The Labute approximate surface area is 93.8 Å². The number of nitrogens with one attached hydrogen (secondary N) is 1. The summed E-state index contributed by atoms with van der Waals surface area (Å²) in [5, 5.41) is 3.35. The van der Waals surface area contributed by atoms with Crippen LogP contribution >= 0.6 is 0 Å². The fourth-order valence-corrected chi connectivity index (χ4v) is 2.51. The second kappa shape index (κ2) is 5.28. The molecule has 0 aromatic heterocycles. The van der Waals surface area contributed by atoms with Crippen LogP contribution in [0.15, 0.2) is 0 Å². The van der Waals surface area contributed by atoms with E-state index in [2.05, 4.69) is 29.0 Å². The van der Waals surface area contributed by atoms with Crippen LogP contribution in [0.4, 0.5) is 0 Å². The highest BCUT2D eigenvalue weighted by Crippen LogP contribution is 2.10. The van der Waals surface area contributed by atoms with Crippen molar-refractivity contribution in [3.05, 3.63) is 0 Å². The van der Waals surface area contributed by atoms with E-state index in [1.807, 2.05) is 0 Å². The molecule has 2 aliphatic rings. The van der Waals surface area contributed by atoms with Crippen LogP contribution in [0.1, 0.15) is 13.8 Å². The molecule has 0 aliphatic carbocycles. The summed E-state index contributed by atoms with van der Waals surface area (Å²) >= 11 is 0. The van der Waals surface area contributed by atoms with Crippen LogP contribution in [0.5, 0.6) is 0 Å². The molecule has 2 saturated heterocycles. The SMILES string of the molecule is CC(C)CN1CCN(CC2CNC2)CC1. The molecular weight excluding hydrogens is 186 g/mol. The fraction of sp³-hybridized carbons (Fsp3) is 1.00. The van der Waals surface area contributed by atoms with E-state index in [1.165, 1.54) is 52.4 Å². The Morgan fingerprint density at radius 1 is 1.07 bits per heavy atom. The van der Waals surface area contributed by atoms with E-state index in [4.69, 9.17) is 0 Å². The van der Waals surface area contributed by atoms with Gasteiger partial charge in [-0.2, -0.15) is 0 Å². The smallest absolute Gasteiger partial charge is 0.0110 e. The van der Waals surface area contributed by atoms with Gasteiger partial charge in [-0.1, -0.05) is 13.8 Å². The minimum Gasteiger partial charge on any atom is -0.316 e. The number of rotatable bonds is 4. The Morgan fingerprint density at radius 3 is 2.13 bits per heavy atom. The highest BCUT2D eigenvalue weighted by molar-refractivity contribution is 4.81. The lowest BCUT2D eigenvalue weighted by Gasteiger charge is -2.39. The summed E-state index contributed by atoms with van der Waals surface area (Å²) in [7, 11) is 0. The first kappa shape index (κ1) is 11.4. The number of piperazine rings is 1. The quantitative estimate of drug-likeness (QED) is 0.730. The molecule has 0 spiro atoms. The van der Waals surface area contributed by atoms with E-state index in [0.717, 1.165) is 11.8 Å². The molecule has 0 radical (unpaired) electrons. The molecule has 0 amide bonds. The second-order valence-electron chi connectivity index (χ2n) is 5.52. The monoisotopic (exact) mass is 211 g/mol. The van der Waals surface area contributed by atoms with Crippen LogP contribution in [0, 0.1) is 11.8 Å². The highest BCUT2D eigenvalue weighted by Gasteiger charge is 2.23. The molecule has 0 saturated carbocycles. The molecule has 0 bridgehead atoms. The zero-order valence-corrected chi connectivity index (χ0v) is 10.2. The van der Waals surface area contributed by atoms with Crippen molar-refractivity contribution in [1.29, 1.82) is 0 Å². The van der Waals surface area contributed by atoms with Crippen LogP contribution in [-0.2, 0) is 0 Å². The lowest BCUT2D eigenvalue weighted by Crippen LogP contribution is -2.53. The van der Waals surface area contributed by atoms with Gasteiger partial charge in [-0.3, -0.25) is 0 Å². The molecule has 2 heterocycles. The number of hydrogen-bond acceptors (Lipinski definition) is 3. The molecule has 88 valence electrons. The van der Waals surface area contributed by atoms with E-state index in [1.54, 1.807) is 0 Å². The summed E-state index contributed by atoms with van der Waals surface area (Å²) in [5.41, 5.74) is 0. The first-order chi connectivity index (χ1) is 7.24. The Hall–Kier alpha value is -0.120. The standard InChI is InChI=1S/C12H25N3/c1-11(2)9-14-3-5-15(6-4-14)10-12-7-13-8-12/h11-13H,3-10H2,1-2H3. The molecule has 0 unspecified atom stereocenters. The Kier molecular flexibility index (Phi) is 4.00. The third-order valence-corrected chi connectivity index (χ3v) is 3.47. The average molecular weight is 211 g/mol. The van der Waals surface area contributed by atoms with Gasteiger partial charge in [0.15, 0.2) is 0 Å². The summed E-state index contributed by atoms with van der Waals surface area (Å²) in [5.74, 6) is 1.74. The first-order valence-corrected chi connectivity index (χ1v) is 6.39. The zero-order valence-electron chi connectivity index (χ0n) is 10.2. The molecule has 0 aromatic rings. The molecule has 2 aliphatic heterocycles. The Morgan fingerprint density at radius 2 is 1.67 bits per heavy atom. The summed E-state index contributed by atoms with van der Waals surface area (Å²) in [4.78, 5) is 5.25. The average Bonchev–Trinajstić information content (AvgIpc) is 2.13. The van der Waals surface area contributed by atoms with Crippen molar-refractivity contribution in [1.82, 2.24) is 15.1 Å². The largest absolute Gasteiger partial charge is 0.316 e. The molecule has 2 rings (SSSR count). The number of nitrogens with zero attached hydrogens (tertiary/aromatic N) is 2. The van der Waals surface area contributed by atoms with Gasteiger partial charge in [0.05, 0.1) is 0 Å². The third kappa shape index (κ3) is 3.44. The van der Waals surface area contributed by atoms with E-state index >= 15 is 0 Å². The summed E-state index contributed by atoms with van der Waals surface area (Å²) < 4.78 is 0. The lowest BCUT2D eigenvalue weighted by atomic mass is 10.0. The summed E-state index contributed by atoms with van der Waals surface area (Å²) in [6, 6.07) is 0. The van der Waals surface area contributed by atoms with Gasteiger partial charge in [0.1, 0.15) is 0 Å². The van der Waals surface area contributed by atoms with Crippen LogP contribution in [0.2, 0.25) is 0 Å². The van der Waals surface area contributed by atoms with Crippen LogP contribution in [0.3, 0.4) is 0 Å². The molecule has 15 heavy (non-hydrogen) atoms. The molecular formula is C12H25N3. The van der Waals surface area contributed by atoms with Crippen molar-refractivity contribution in [2.24, 2.45) is 11.8 Å². The van der Waals surface area contributed by atoms with Crippen molar-refractivity contribution in [2.45, 2.75) is 13.8 Å². The van der Waals surface area contributed by atoms with Crippen molar-refractivity contribution >= 4 is 0 Å². The van der Waals surface area contributed by atoms with Gasteiger partial charge < -0.3 is 15.1 Å². The van der Waals surface area contributed by atoms with Crippen molar-refractivity contribution in [3.8, 4) is 0 Å². The predicted octanol–water partition coefficient (Wildman–Crippen LogP) is 0.479. The maximum Gasteiger partial charge on any atom is 0.0110 e. The Balaban J connectivity index is 1.62. The highest BCUT2D eigenvalue weighted by atomic mass is 15.3. The molecule has 1 N–H and O–H groups in total. The lowest BCUT2D eigenvalue weighted by molar-refractivity contribution is 0.0993. The first-order valence-electron chi connectivity index (χ1n) is 6.39. The van der Waals surface area contributed by atoms with Gasteiger partial charge in [0.25, 0.3) is 0 Å². The number of hydrogen-bond donors (Lipinski definition) is 1. The van der Waals surface area contributed by atoms with Crippen LogP contribution < -0.4 is 5.32 Å². The molecule has 2 fully saturated rings. The Bertz CT molecular complexity index is 181. The van der Waals surface area contributed by atoms with Crippen LogP contribution in [0.25, 0.3) is 0 Å². The molecule has 0 aromatic carbocycles. The van der Waals surface area contributed by atoms with Gasteiger partial charge in [0, 0.05) is 52.4 Å². The van der Waals surface area contributed by atoms with Crippen molar-refractivity contribution < 1.29 is 0 Å². The minimum atomic E-state index is 0.812. The van der Waals surface area contributed by atoms with E-state index in [0.29, 0.717) is 0 Å². The fourth-order valence-electron chi connectivity index (χ4n) is 2.51. The summed E-state index contributed by atoms with van der Waals surface area (Å²) in [6.45, 7) is 14.8. The molecule has 3 nitrogen and oxygen atoms in total.